The standard InChI is InChI=1S/C35H46ClN3O4S/c1-5-7-9-24(3)21-44(37,41)38-34(40)26-12-16-33-31(19-26)39(20-27-11-14-29(27)32(6-2)42-4)22-35(23-43-33)17-8-10-25-18-28(36)13-15-30(25)35/h5-7,12-13,15-16,18-19,24,27,29,32H,2,8-11,14,17,20-23H2,1,3-4H3,(H2,37,38,40,41)/b7-5-/t24-,27-,29+,32-,35-,44?/m0/s1. The van der Waals surface area contributed by atoms with Crippen molar-refractivity contribution < 1.29 is 18.5 Å². The van der Waals surface area contributed by atoms with Crippen LogP contribution in [-0.2, 0) is 26.5 Å². The summed E-state index contributed by atoms with van der Waals surface area (Å²) in [7, 11) is -1.44. The Morgan fingerprint density at radius 3 is 2.84 bits per heavy atom. The number of halogens is 1. The maximum absolute atomic E-state index is 13.4. The summed E-state index contributed by atoms with van der Waals surface area (Å²) in [5.74, 6) is 1.15. The van der Waals surface area contributed by atoms with Crippen LogP contribution in [0.5, 0.6) is 5.75 Å². The van der Waals surface area contributed by atoms with Crippen LogP contribution in [0.2, 0.25) is 5.02 Å². The van der Waals surface area contributed by atoms with E-state index in [1.54, 1.807) is 13.2 Å². The number of carbonyl (C=O) groups is 1. The molecule has 3 aliphatic rings. The van der Waals surface area contributed by atoms with Crippen LogP contribution in [0.4, 0.5) is 5.69 Å². The maximum atomic E-state index is 13.4. The first kappa shape index (κ1) is 32.7. The second-order valence-corrected chi connectivity index (χ2v) is 15.2. The summed E-state index contributed by atoms with van der Waals surface area (Å²) in [5.41, 5.74) is 3.56. The number of benzene rings is 2. The van der Waals surface area contributed by atoms with Crippen molar-refractivity contribution in [2.24, 2.45) is 27.3 Å². The van der Waals surface area contributed by atoms with E-state index < -0.39 is 15.8 Å². The van der Waals surface area contributed by atoms with Gasteiger partial charge >= 0.3 is 0 Å². The lowest BCUT2D eigenvalue weighted by Crippen LogP contribution is -2.49. The van der Waals surface area contributed by atoms with E-state index in [1.165, 1.54) is 11.1 Å². The van der Waals surface area contributed by atoms with Gasteiger partial charge in [-0.3, -0.25) is 4.79 Å². The van der Waals surface area contributed by atoms with Crippen LogP contribution in [0.1, 0.15) is 67.4 Å². The van der Waals surface area contributed by atoms with Gasteiger partial charge in [0, 0.05) is 42.0 Å². The number of amides is 1. The molecule has 1 fully saturated rings. The number of allylic oxidation sites excluding steroid dienone is 2. The summed E-state index contributed by atoms with van der Waals surface area (Å²) in [5, 5.41) is 6.83. The molecule has 7 nitrogen and oxygen atoms in total. The third-order valence-electron chi connectivity index (χ3n) is 9.68. The largest absolute Gasteiger partial charge is 0.490 e. The van der Waals surface area contributed by atoms with Crippen LogP contribution in [0.15, 0.2) is 65.6 Å². The van der Waals surface area contributed by atoms with Crippen LogP contribution < -0.4 is 14.8 Å². The van der Waals surface area contributed by atoms with E-state index in [4.69, 9.17) is 26.2 Å². The van der Waals surface area contributed by atoms with Crippen molar-refractivity contribution >= 4 is 33.1 Å². The quantitative estimate of drug-likeness (QED) is 0.279. The molecule has 1 unspecified atom stereocenters. The number of hydrogen-bond acceptors (Lipinski definition) is 5. The molecule has 1 heterocycles. The third kappa shape index (κ3) is 7.09. The molecule has 2 aromatic carbocycles. The predicted octanol–water partition coefficient (Wildman–Crippen LogP) is 7.12. The Morgan fingerprint density at radius 2 is 2.14 bits per heavy atom. The minimum Gasteiger partial charge on any atom is -0.490 e. The first-order chi connectivity index (χ1) is 21.1. The fraction of sp³-hybridized carbons (Fsp3) is 0.514. The third-order valence-corrected chi connectivity index (χ3v) is 11.4. The highest BCUT2D eigenvalue weighted by Gasteiger charge is 2.44. The molecule has 1 amide bonds. The number of hydrogen-bond donors (Lipinski definition) is 1. The van der Waals surface area contributed by atoms with E-state index in [0.717, 1.165) is 68.1 Å². The lowest BCUT2D eigenvalue weighted by Gasteiger charge is -2.46. The van der Waals surface area contributed by atoms with Crippen molar-refractivity contribution in [1.29, 1.82) is 0 Å². The van der Waals surface area contributed by atoms with Gasteiger partial charge in [0.1, 0.15) is 15.7 Å². The first-order valence-electron chi connectivity index (χ1n) is 15.7. The molecular formula is C35H46ClN3O4S. The molecule has 0 radical (unpaired) electrons. The SMILES string of the molecule is C=C[C@H](OC)[C@@H]1CC[C@H]1CN1C[C@@]2(CCCc3cc(Cl)ccc32)COc2ccc(C(=O)N=S(N)(=O)C[C@@H](C)C/C=C\C)cc21. The average Bonchev–Trinajstić information content (AvgIpc) is 3.13. The van der Waals surface area contributed by atoms with Gasteiger partial charge in [-0.15, -0.1) is 10.9 Å². The van der Waals surface area contributed by atoms with Crippen molar-refractivity contribution in [2.45, 2.75) is 63.9 Å². The number of fused-ring (bicyclic) bond motifs is 3. The van der Waals surface area contributed by atoms with Gasteiger partial charge in [0.15, 0.2) is 0 Å². The summed E-state index contributed by atoms with van der Waals surface area (Å²) in [6.45, 7) is 9.98. The summed E-state index contributed by atoms with van der Waals surface area (Å²) >= 11 is 6.41. The predicted molar refractivity (Wildman–Crippen MR) is 180 cm³/mol. The summed E-state index contributed by atoms with van der Waals surface area (Å²) in [6.07, 6.45) is 11.8. The normalized spacial score (nSPS) is 25.5. The zero-order valence-electron chi connectivity index (χ0n) is 26.2. The minimum atomic E-state index is -3.18. The van der Waals surface area contributed by atoms with E-state index in [1.807, 2.05) is 50.3 Å². The molecule has 238 valence electrons. The average molecular weight is 640 g/mol. The Labute approximate surface area is 268 Å². The fourth-order valence-corrected chi connectivity index (χ4v) is 8.91. The lowest BCUT2D eigenvalue weighted by atomic mass is 9.68. The Balaban J connectivity index is 1.50. The molecule has 9 heteroatoms. The lowest BCUT2D eigenvalue weighted by molar-refractivity contribution is 0.0135. The zero-order chi connectivity index (χ0) is 31.5. The number of rotatable bonds is 10. The van der Waals surface area contributed by atoms with Crippen LogP contribution in [0.25, 0.3) is 0 Å². The van der Waals surface area contributed by atoms with Crippen molar-refractivity contribution in [1.82, 2.24) is 0 Å². The van der Waals surface area contributed by atoms with E-state index in [2.05, 4.69) is 28.0 Å². The second kappa shape index (κ2) is 13.8. The Morgan fingerprint density at radius 1 is 1.32 bits per heavy atom. The number of anilines is 1. The van der Waals surface area contributed by atoms with Gasteiger partial charge in [0.25, 0.3) is 5.91 Å². The van der Waals surface area contributed by atoms with Gasteiger partial charge < -0.3 is 14.4 Å². The molecule has 6 atom stereocenters. The van der Waals surface area contributed by atoms with Crippen molar-refractivity contribution in [3.63, 3.8) is 0 Å². The molecule has 2 aliphatic carbocycles. The highest BCUT2D eigenvalue weighted by atomic mass is 35.5. The topological polar surface area (TPSA) is 94.2 Å². The highest BCUT2D eigenvalue weighted by molar-refractivity contribution is 7.91. The van der Waals surface area contributed by atoms with Crippen LogP contribution in [-0.4, -0.2) is 48.8 Å². The number of nitrogens with zero attached hydrogens (tertiary/aromatic N) is 2. The molecule has 0 saturated heterocycles. The minimum absolute atomic E-state index is 0.00239. The summed E-state index contributed by atoms with van der Waals surface area (Å²) < 4.78 is 29.5. The van der Waals surface area contributed by atoms with E-state index >= 15 is 0 Å². The number of nitrogens with two attached hydrogens (primary N) is 1. The van der Waals surface area contributed by atoms with Crippen LogP contribution in [0.3, 0.4) is 0 Å². The number of ether oxygens (including phenoxy) is 2. The molecule has 2 aromatic rings. The summed E-state index contributed by atoms with van der Waals surface area (Å²) in [6, 6.07) is 11.6. The number of methoxy groups -OCH3 is 1. The van der Waals surface area contributed by atoms with E-state index in [0.29, 0.717) is 24.0 Å². The van der Waals surface area contributed by atoms with Gasteiger partial charge in [-0.2, -0.15) is 0 Å². The molecule has 0 aromatic heterocycles. The molecule has 1 saturated carbocycles. The van der Waals surface area contributed by atoms with E-state index in [-0.39, 0.29) is 23.2 Å². The second-order valence-electron chi connectivity index (χ2n) is 12.9. The first-order valence-corrected chi connectivity index (χ1v) is 17.8. The van der Waals surface area contributed by atoms with Crippen LogP contribution >= 0.6 is 11.6 Å². The Bertz CT molecular complexity index is 1530. The van der Waals surface area contributed by atoms with Gasteiger partial charge in [-0.25, -0.2) is 9.35 Å². The smallest absolute Gasteiger partial charge is 0.286 e. The molecule has 1 spiro atoms. The Hall–Kier alpha value is -2.65. The maximum Gasteiger partial charge on any atom is 0.286 e. The van der Waals surface area contributed by atoms with Gasteiger partial charge in [-0.1, -0.05) is 42.8 Å². The van der Waals surface area contributed by atoms with E-state index in [9.17, 15) is 9.00 Å². The molecule has 1 aliphatic heterocycles. The number of carbonyl (C=O) groups excluding carboxylic acids is 1. The Kier molecular flexibility index (Phi) is 10.2. The van der Waals surface area contributed by atoms with Gasteiger partial charge in [-0.05, 0) is 105 Å². The molecule has 2 N–H and O–H groups in total. The highest BCUT2D eigenvalue weighted by Crippen LogP contribution is 2.47. The molecular weight excluding hydrogens is 594 g/mol. The van der Waals surface area contributed by atoms with Crippen LogP contribution in [0, 0.1) is 17.8 Å². The zero-order valence-corrected chi connectivity index (χ0v) is 27.7. The van der Waals surface area contributed by atoms with Gasteiger partial charge in [0.2, 0.25) is 0 Å². The number of aryl methyl sites for hydroxylation is 1. The molecule has 5 rings (SSSR count). The monoisotopic (exact) mass is 639 g/mol. The molecule has 44 heavy (non-hydrogen) atoms. The molecule has 0 bridgehead atoms. The van der Waals surface area contributed by atoms with Gasteiger partial charge in [0.05, 0.1) is 18.4 Å². The van der Waals surface area contributed by atoms with Crippen molar-refractivity contribution in [3.8, 4) is 5.75 Å². The summed E-state index contributed by atoms with van der Waals surface area (Å²) in [4.78, 5) is 15.8. The fourth-order valence-electron chi connectivity index (χ4n) is 7.30. The van der Waals surface area contributed by atoms with Crippen molar-refractivity contribution in [2.75, 3.05) is 37.5 Å². The van der Waals surface area contributed by atoms with Crippen molar-refractivity contribution in [3.05, 3.63) is 82.9 Å².